The molecule has 0 amide bonds. The summed E-state index contributed by atoms with van der Waals surface area (Å²) in [5.74, 6) is -4.13. The Morgan fingerprint density at radius 2 is 0.839 bits per heavy atom. The minimum Gasteiger partial charge on any atom is -0.545 e. The smallest absolute Gasteiger partial charge is 0.545 e. The molecule has 31 heavy (non-hydrogen) atoms. The zero-order valence-corrected chi connectivity index (χ0v) is 17.8. The Morgan fingerprint density at radius 3 is 0.935 bits per heavy atom. The molecule has 8 nitrogen and oxygen atoms in total. The van der Waals surface area contributed by atoms with Crippen LogP contribution >= 0.6 is 0 Å². The Morgan fingerprint density at radius 1 is 0.645 bits per heavy atom. The predicted molar refractivity (Wildman–Crippen MR) is 106 cm³/mol. The maximum absolute atomic E-state index is 10.2. The molecule has 0 heterocycles. The molecule has 0 saturated heterocycles. The summed E-state index contributed by atoms with van der Waals surface area (Å²) >= 11 is 0. The van der Waals surface area contributed by atoms with Gasteiger partial charge < -0.3 is 30.0 Å². The van der Waals surface area contributed by atoms with Gasteiger partial charge in [-0.15, -0.1) is 0 Å². The molecule has 0 aromatic heterocycles. The molecular formula is C22H22CuO8. The molecule has 2 rings (SSSR count). The number of carbonyl (C=O) groups excluding carboxylic acids is 2. The molecule has 0 bridgehead atoms. The van der Waals surface area contributed by atoms with Gasteiger partial charge in [-0.3, -0.25) is 0 Å². The zero-order chi connectivity index (χ0) is 23.7. The second-order valence-corrected chi connectivity index (χ2v) is 5.48. The largest absolute Gasteiger partial charge is 2.00 e. The predicted octanol–water partition coefficient (Wildman–Crippen LogP) is 1.39. The molecule has 169 valence electrons. The van der Waals surface area contributed by atoms with E-state index < -0.39 is 23.9 Å². The van der Waals surface area contributed by atoms with E-state index >= 15 is 0 Å². The number of carboxylic acid groups (broad SMARTS) is 4. The molecule has 2 aromatic carbocycles. The van der Waals surface area contributed by atoms with Crippen molar-refractivity contribution in [2.45, 2.75) is 13.8 Å². The van der Waals surface area contributed by atoms with Crippen LogP contribution in [-0.2, 0) is 26.7 Å². The molecule has 0 unspecified atom stereocenters. The second kappa shape index (κ2) is 18.4. The van der Waals surface area contributed by atoms with Gasteiger partial charge in [0.05, 0.1) is 23.1 Å². The van der Waals surface area contributed by atoms with Gasteiger partial charge in [0.25, 0.3) is 0 Å². The van der Waals surface area contributed by atoms with E-state index in [-0.39, 0.29) is 28.2 Å². The van der Waals surface area contributed by atoms with Crippen molar-refractivity contribution in [3.8, 4) is 0 Å². The van der Waals surface area contributed by atoms with Crippen molar-refractivity contribution in [2.75, 3.05) is 0 Å². The Bertz CT molecular complexity index is 764. The fraction of sp³-hybridized carbons (Fsp3) is 0.0909. The minimum absolute atomic E-state index is 0. The maximum atomic E-state index is 10.2. The monoisotopic (exact) mass is 477 g/mol. The molecule has 0 aliphatic heterocycles. The minimum atomic E-state index is -1.19. The van der Waals surface area contributed by atoms with Crippen molar-refractivity contribution >= 4 is 23.9 Å². The summed E-state index contributed by atoms with van der Waals surface area (Å²) in [7, 11) is 0. The van der Waals surface area contributed by atoms with Gasteiger partial charge in [-0.1, -0.05) is 49.6 Å². The molecule has 2 N–H and O–H groups in total. The summed E-state index contributed by atoms with van der Waals surface area (Å²) in [5.41, 5.74) is 0.792. The first-order valence-corrected chi connectivity index (χ1v) is 8.20. The third-order valence-corrected chi connectivity index (χ3v) is 2.74. The van der Waals surface area contributed by atoms with Crippen LogP contribution in [0.3, 0.4) is 0 Å². The molecule has 0 saturated carbocycles. The Labute approximate surface area is 190 Å². The average molecular weight is 478 g/mol. The summed E-state index contributed by atoms with van der Waals surface area (Å²) in [4.78, 5) is 39.4. The third-order valence-electron chi connectivity index (χ3n) is 2.74. The summed E-state index contributed by atoms with van der Waals surface area (Å²) in [6.45, 7) is 8.95. The third kappa shape index (κ3) is 19.4. The molecule has 0 aliphatic rings. The van der Waals surface area contributed by atoms with Crippen LogP contribution in [0.1, 0.15) is 34.6 Å². The Hall–Kier alpha value is -3.68. The molecule has 0 fully saturated rings. The summed E-state index contributed by atoms with van der Waals surface area (Å²) in [6, 6.07) is 16.6. The first kappa shape index (κ1) is 32.0. The van der Waals surface area contributed by atoms with Gasteiger partial charge in [0.2, 0.25) is 0 Å². The SMILES string of the molecule is C=C(C)C(=O)[O-].C=C(C)C(=O)[O-].O=C(O)c1ccccc1.O=C(O)c1ccccc1.[Cu+2]. The van der Waals surface area contributed by atoms with Crippen LogP contribution in [-0.4, -0.2) is 34.1 Å². The van der Waals surface area contributed by atoms with Gasteiger partial charge in [-0.05, 0) is 49.3 Å². The number of aliphatic carboxylic acids is 2. The van der Waals surface area contributed by atoms with Crippen molar-refractivity contribution < 1.29 is 56.7 Å². The van der Waals surface area contributed by atoms with Gasteiger partial charge in [-0.25, -0.2) is 9.59 Å². The van der Waals surface area contributed by atoms with Crippen LogP contribution in [0.4, 0.5) is 0 Å². The van der Waals surface area contributed by atoms with Gasteiger partial charge in [0.1, 0.15) is 0 Å². The molecular weight excluding hydrogens is 456 g/mol. The zero-order valence-electron chi connectivity index (χ0n) is 16.8. The van der Waals surface area contributed by atoms with Crippen LogP contribution in [0.2, 0.25) is 0 Å². The topological polar surface area (TPSA) is 155 Å². The molecule has 1 radical (unpaired) electrons. The second-order valence-electron chi connectivity index (χ2n) is 5.48. The normalized spacial score (nSPS) is 8.06. The van der Waals surface area contributed by atoms with Gasteiger partial charge in [-0.2, -0.15) is 0 Å². The molecule has 0 aliphatic carbocycles. The van der Waals surface area contributed by atoms with Crippen molar-refractivity contribution in [3.63, 3.8) is 0 Å². The first-order chi connectivity index (χ1) is 13.9. The van der Waals surface area contributed by atoms with Crippen LogP contribution in [0.5, 0.6) is 0 Å². The number of rotatable bonds is 4. The standard InChI is InChI=1S/2C7H6O2.2C4H6O2.Cu/c2*8-7(9)6-4-2-1-3-5-6;2*1-3(2)4(5)6;/h2*1-5H,(H,8,9);2*1H2,2H3,(H,5,6);/q;;;;+2/p-2. The van der Waals surface area contributed by atoms with Crippen LogP contribution < -0.4 is 10.2 Å². The fourth-order valence-corrected chi connectivity index (χ4v) is 1.16. The van der Waals surface area contributed by atoms with E-state index in [1.165, 1.54) is 13.8 Å². The number of carboxylic acids is 4. The quantitative estimate of drug-likeness (QED) is 0.494. The first-order valence-electron chi connectivity index (χ1n) is 8.20. The number of hydrogen-bond acceptors (Lipinski definition) is 6. The number of hydrogen-bond donors (Lipinski definition) is 2. The summed E-state index contributed by atoms with van der Waals surface area (Å²) < 4.78 is 0. The summed E-state index contributed by atoms with van der Waals surface area (Å²) in [6.07, 6.45) is 0. The van der Waals surface area contributed by atoms with Crippen molar-refractivity contribution in [3.05, 3.63) is 96.1 Å². The van der Waals surface area contributed by atoms with Gasteiger partial charge in [0.15, 0.2) is 0 Å². The molecule has 2 aromatic rings. The van der Waals surface area contributed by atoms with E-state index in [2.05, 4.69) is 13.2 Å². The van der Waals surface area contributed by atoms with Crippen LogP contribution in [0, 0.1) is 0 Å². The van der Waals surface area contributed by atoms with Crippen molar-refractivity contribution in [2.24, 2.45) is 0 Å². The maximum Gasteiger partial charge on any atom is 2.00 e. The van der Waals surface area contributed by atoms with Gasteiger partial charge in [0, 0.05) is 0 Å². The molecule has 0 spiro atoms. The van der Waals surface area contributed by atoms with E-state index in [0.29, 0.717) is 11.1 Å². The van der Waals surface area contributed by atoms with E-state index in [9.17, 15) is 29.4 Å². The fourth-order valence-electron chi connectivity index (χ4n) is 1.16. The number of benzene rings is 2. The van der Waals surface area contributed by atoms with Crippen molar-refractivity contribution in [1.29, 1.82) is 0 Å². The van der Waals surface area contributed by atoms with Crippen LogP contribution in [0.25, 0.3) is 0 Å². The molecule has 0 atom stereocenters. The van der Waals surface area contributed by atoms with Crippen molar-refractivity contribution in [1.82, 2.24) is 0 Å². The number of aromatic carboxylic acids is 2. The van der Waals surface area contributed by atoms with Gasteiger partial charge >= 0.3 is 29.0 Å². The van der Waals surface area contributed by atoms with E-state index in [4.69, 9.17) is 10.2 Å². The average Bonchev–Trinajstić information content (AvgIpc) is 2.70. The Kier molecular flexibility index (Phi) is 18.9. The Balaban J connectivity index is -0.000000341. The van der Waals surface area contributed by atoms with Crippen LogP contribution in [0.15, 0.2) is 85.0 Å². The van der Waals surface area contributed by atoms with E-state index in [1.807, 2.05) is 0 Å². The van der Waals surface area contributed by atoms with E-state index in [0.717, 1.165) is 0 Å². The summed E-state index contributed by atoms with van der Waals surface area (Å²) in [5, 5.41) is 35.7. The molecule has 9 heteroatoms. The number of carbonyl (C=O) groups is 4. The van der Waals surface area contributed by atoms with E-state index in [1.54, 1.807) is 60.7 Å².